The summed E-state index contributed by atoms with van der Waals surface area (Å²) in [5.41, 5.74) is 2.88. The Kier molecular flexibility index (Phi) is 4.93. The van der Waals surface area contributed by atoms with Crippen molar-refractivity contribution in [3.05, 3.63) is 81.0 Å². The van der Waals surface area contributed by atoms with E-state index in [1.54, 1.807) is 0 Å². The number of nitrogens with zero attached hydrogens (tertiary/aromatic N) is 1. The zero-order valence-corrected chi connectivity index (χ0v) is 12.4. The molecule has 1 aromatic rings. The lowest BCUT2D eigenvalue weighted by atomic mass is 10.0. The van der Waals surface area contributed by atoms with E-state index in [1.807, 2.05) is 66.8 Å². The summed E-state index contributed by atoms with van der Waals surface area (Å²) >= 11 is 2.27. The van der Waals surface area contributed by atoms with Crippen molar-refractivity contribution >= 4 is 34.7 Å². The van der Waals surface area contributed by atoms with E-state index in [2.05, 4.69) is 34.7 Å². The summed E-state index contributed by atoms with van der Waals surface area (Å²) in [6.07, 6.45) is 20.0. The number of hydrogen-bond acceptors (Lipinski definition) is 1. The summed E-state index contributed by atoms with van der Waals surface area (Å²) < 4.78 is 1.08. The zero-order chi connectivity index (χ0) is 13.5. The molecule has 0 fully saturated rings. The van der Waals surface area contributed by atoms with Crippen molar-refractivity contribution in [1.29, 1.82) is 5.26 Å². The summed E-state index contributed by atoms with van der Waals surface area (Å²) in [6.45, 7) is 0. The summed E-state index contributed by atoms with van der Waals surface area (Å²) in [6, 6.07) is 6.02. The van der Waals surface area contributed by atoms with Gasteiger partial charge in [0.05, 0.1) is 11.6 Å². The molecule has 92 valence electrons. The van der Waals surface area contributed by atoms with Crippen molar-refractivity contribution in [2.24, 2.45) is 0 Å². The van der Waals surface area contributed by atoms with E-state index in [1.165, 1.54) is 0 Å². The first-order valence-electron chi connectivity index (χ1n) is 5.89. The third-order valence-corrected chi connectivity index (χ3v) is 3.50. The Morgan fingerprint density at radius 1 is 0.789 bits per heavy atom. The highest BCUT2D eigenvalue weighted by molar-refractivity contribution is 14.1. The van der Waals surface area contributed by atoms with Crippen molar-refractivity contribution in [3.8, 4) is 6.07 Å². The standard InChI is InChI=1S/C17H12IN/c18-17-12-14(13-19)11-15-9-7-5-3-1-2-4-6-8-10-16(15)17/h1-12H/b2-1-,3-1?,4-2?,5-3-,6-4-,7-5?,8-6?,9-7-,10-8?,15-9?,16-10?. The molecule has 19 heavy (non-hydrogen) atoms. The average Bonchev–Trinajstić information content (AvgIpc) is 2.40. The Morgan fingerprint density at radius 3 is 2.00 bits per heavy atom. The zero-order valence-electron chi connectivity index (χ0n) is 10.3. The normalized spacial score (nSPS) is 20.2. The molecule has 0 unspecified atom stereocenters. The maximum absolute atomic E-state index is 9.04. The predicted octanol–water partition coefficient (Wildman–Crippen LogP) is 4.87. The van der Waals surface area contributed by atoms with Crippen LogP contribution in [-0.4, -0.2) is 0 Å². The van der Waals surface area contributed by atoms with E-state index in [-0.39, 0.29) is 0 Å². The van der Waals surface area contributed by atoms with Gasteiger partial charge >= 0.3 is 0 Å². The van der Waals surface area contributed by atoms with Gasteiger partial charge in [-0.1, -0.05) is 60.8 Å². The number of hydrogen-bond donors (Lipinski definition) is 0. The second-order valence-corrected chi connectivity index (χ2v) is 5.11. The van der Waals surface area contributed by atoms with Crippen LogP contribution in [0.5, 0.6) is 0 Å². The lowest BCUT2D eigenvalue weighted by molar-refractivity contribution is 1.45. The molecule has 1 aliphatic rings. The van der Waals surface area contributed by atoms with E-state index in [0.717, 1.165) is 14.7 Å². The fourth-order valence-corrected chi connectivity index (χ4v) is 2.54. The minimum absolute atomic E-state index is 0.688. The number of rotatable bonds is 0. The van der Waals surface area contributed by atoms with Gasteiger partial charge < -0.3 is 0 Å². The number of benzene rings is 1. The van der Waals surface area contributed by atoms with Gasteiger partial charge in [-0.15, -0.1) is 0 Å². The van der Waals surface area contributed by atoms with Crippen LogP contribution in [0, 0.1) is 14.9 Å². The van der Waals surface area contributed by atoms with Gasteiger partial charge in [0, 0.05) is 3.57 Å². The Labute approximate surface area is 127 Å². The molecule has 0 aromatic heterocycles. The second kappa shape index (κ2) is 6.91. The topological polar surface area (TPSA) is 23.8 Å². The van der Waals surface area contributed by atoms with Gasteiger partial charge in [-0.05, 0) is 45.9 Å². The van der Waals surface area contributed by atoms with Crippen LogP contribution < -0.4 is 0 Å². The van der Waals surface area contributed by atoms with E-state index < -0.39 is 0 Å². The van der Waals surface area contributed by atoms with Gasteiger partial charge in [0.1, 0.15) is 0 Å². The van der Waals surface area contributed by atoms with Crippen LogP contribution in [0.25, 0.3) is 12.2 Å². The molecule has 0 amide bonds. The van der Waals surface area contributed by atoms with Crippen molar-refractivity contribution in [2.75, 3.05) is 0 Å². The summed E-state index contributed by atoms with van der Waals surface area (Å²) in [4.78, 5) is 0. The molecule has 0 atom stereocenters. The third-order valence-electron chi connectivity index (χ3n) is 2.61. The minimum atomic E-state index is 0.688. The van der Waals surface area contributed by atoms with Crippen molar-refractivity contribution in [3.63, 3.8) is 0 Å². The van der Waals surface area contributed by atoms with E-state index in [9.17, 15) is 0 Å². The maximum atomic E-state index is 9.04. The molecule has 0 aliphatic heterocycles. The fourth-order valence-electron chi connectivity index (χ4n) is 1.71. The van der Waals surface area contributed by atoms with Crippen molar-refractivity contribution in [1.82, 2.24) is 0 Å². The minimum Gasteiger partial charge on any atom is -0.192 e. The summed E-state index contributed by atoms with van der Waals surface area (Å²) in [7, 11) is 0. The van der Waals surface area contributed by atoms with Crippen LogP contribution >= 0.6 is 22.6 Å². The highest BCUT2D eigenvalue weighted by atomic mass is 127. The highest BCUT2D eigenvalue weighted by Crippen LogP contribution is 2.22. The monoisotopic (exact) mass is 357 g/mol. The molecular formula is C17H12IN. The SMILES string of the molecule is N#Cc1cc(I)c2c(c1)\C=C/C=C\C=C/C=C\C=C2. The summed E-state index contributed by atoms with van der Waals surface area (Å²) in [5, 5.41) is 9.04. The van der Waals surface area contributed by atoms with Crippen LogP contribution in [0.4, 0.5) is 0 Å². The molecule has 0 saturated heterocycles. The van der Waals surface area contributed by atoms with Crippen LogP contribution in [0.15, 0.2) is 60.7 Å². The molecule has 2 rings (SSSR count). The van der Waals surface area contributed by atoms with E-state index in [4.69, 9.17) is 5.26 Å². The van der Waals surface area contributed by atoms with Gasteiger partial charge in [0.15, 0.2) is 0 Å². The molecule has 0 N–H and O–H groups in total. The molecule has 1 aromatic carbocycles. The van der Waals surface area contributed by atoms with E-state index >= 15 is 0 Å². The molecular weight excluding hydrogens is 345 g/mol. The maximum Gasteiger partial charge on any atom is 0.0992 e. The number of allylic oxidation sites excluding steroid dienone is 8. The Hall–Kier alpha value is -1.86. The van der Waals surface area contributed by atoms with Crippen LogP contribution in [-0.2, 0) is 0 Å². The first kappa shape index (κ1) is 13.6. The first-order valence-corrected chi connectivity index (χ1v) is 6.97. The van der Waals surface area contributed by atoms with Crippen molar-refractivity contribution < 1.29 is 0 Å². The lowest BCUT2D eigenvalue weighted by Gasteiger charge is -2.05. The lowest BCUT2D eigenvalue weighted by Crippen LogP contribution is -1.89. The third kappa shape index (κ3) is 3.80. The molecule has 1 aliphatic carbocycles. The molecule has 0 spiro atoms. The quantitative estimate of drug-likeness (QED) is 0.608. The predicted molar refractivity (Wildman–Crippen MR) is 89.4 cm³/mol. The first-order chi connectivity index (χ1) is 9.31. The molecule has 0 heterocycles. The summed E-state index contributed by atoms with van der Waals surface area (Å²) in [5.74, 6) is 0. The Bertz CT molecular complexity index is 653. The number of halogens is 1. The van der Waals surface area contributed by atoms with Crippen molar-refractivity contribution in [2.45, 2.75) is 0 Å². The number of fused-ring (bicyclic) bond motifs is 1. The smallest absolute Gasteiger partial charge is 0.0992 e. The Morgan fingerprint density at radius 2 is 1.37 bits per heavy atom. The van der Waals surface area contributed by atoms with Gasteiger partial charge in [-0.2, -0.15) is 5.26 Å². The molecule has 1 nitrogen and oxygen atoms in total. The molecule has 0 bridgehead atoms. The highest BCUT2D eigenvalue weighted by Gasteiger charge is 2.04. The van der Waals surface area contributed by atoms with Gasteiger partial charge in [0.25, 0.3) is 0 Å². The molecule has 2 heteroatoms. The molecule has 0 radical (unpaired) electrons. The molecule has 0 saturated carbocycles. The van der Waals surface area contributed by atoms with Gasteiger partial charge in [-0.3, -0.25) is 0 Å². The largest absolute Gasteiger partial charge is 0.192 e. The average molecular weight is 357 g/mol. The van der Waals surface area contributed by atoms with Crippen LogP contribution in [0.2, 0.25) is 0 Å². The van der Waals surface area contributed by atoms with Crippen LogP contribution in [0.3, 0.4) is 0 Å². The number of nitriles is 1. The van der Waals surface area contributed by atoms with Gasteiger partial charge in [0.2, 0.25) is 0 Å². The second-order valence-electron chi connectivity index (χ2n) is 3.95. The Balaban J connectivity index is 2.56. The van der Waals surface area contributed by atoms with E-state index in [0.29, 0.717) is 5.56 Å². The van der Waals surface area contributed by atoms with Crippen LogP contribution in [0.1, 0.15) is 16.7 Å². The fraction of sp³-hybridized carbons (Fsp3) is 0. The van der Waals surface area contributed by atoms with Gasteiger partial charge in [-0.25, -0.2) is 0 Å².